The van der Waals surface area contributed by atoms with E-state index in [4.69, 9.17) is 0 Å². The molecule has 0 radical (unpaired) electrons. The van der Waals surface area contributed by atoms with Crippen LogP contribution in [0.3, 0.4) is 0 Å². The second-order valence-electron chi connectivity index (χ2n) is 7.71. The van der Waals surface area contributed by atoms with E-state index in [1.165, 1.54) is 5.56 Å². The van der Waals surface area contributed by atoms with Gasteiger partial charge in [0.25, 0.3) is 0 Å². The Hall–Kier alpha value is -1.59. The van der Waals surface area contributed by atoms with Crippen LogP contribution < -0.4 is 5.32 Å². The van der Waals surface area contributed by atoms with Gasteiger partial charge in [0.15, 0.2) is 0 Å². The Morgan fingerprint density at radius 3 is 2.42 bits per heavy atom. The fourth-order valence-corrected chi connectivity index (χ4v) is 4.90. The Morgan fingerprint density at radius 1 is 1.08 bits per heavy atom. The molecule has 1 aromatic rings. The maximum Gasteiger partial charge on any atom is 0.226 e. The number of piperidine rings is 1. The predicted octanol–water partition coefficient (Wildman–Crippen LogP) is 2.09. The van der Waals surface area contributed by atoms with Crippen LogP contribution in [0.1, 0.15) is 31.4 Å². The Labute approximate surface area is 161 Å². The summed E-state index contributed by atoms with van der Waals surface area (Å²) in [5.41, 5.74) is 1.26. The number of halogens is 1. The molecule has 0 spiro atoms. The third-order valence-corrected chi connectivity index (χ3v) is 6.28. The Balaban J connectivity index is 0.00000196. The van der Waals surface area contributed by atoms with E-state index in [-0.39, 0.29) is 30.3 Å². The number of amides is 2. The smallest absolute Gasteiger partial charge is 0.226 e. The molecule has 142 valence electrons. The number of benzene rings is 1. The van der Waals surface area contributed by atoms with Gasteiger partial charge >= 0.3 is 0 Å². The van der Waals surface area contributed by atoms with Gasteiger partial charge in [0.2, 0.25) is 11.8 Å². The van der Waals surface area contributed by atoms with Crippen molar-refractivity contribution in [3.63, 3.8) is 0 Å². The van der Waals surface area contributed by atoms with Gasteiger partial charge in [0.1, 0.15) is 0 Å². The zero-order valence-electron chi connectivity index (χ0n) is 15.3. The lowest BCUT2D eigenvalue weighted by Gasteiger charge is -2.35. The van der Waals surface area contributed by atoms with Gasteiger partial charge in [0.05, 0.1) is 6.04 Å². The minimum Gasteiger partial charge on any atom is -0.343 e. The van der Waals surface area contributed by atoms with Gasteiger partial charge in [-0.25, -0.2) is 0 Å². The molecule has 0 aliphatic carbocycles. The van der Waals surface area contributed by atoms with Crippen molar-refractivity contribution in [2.75, 3.05) is 32.7 Å². The first-order valence-electron chi connectivity index (χ1n) is 9.47. The minimum absolute atomic E-state index is 0. The zero-order chi connectivity index (χ0) is 17.4. The molecule has 0 aromatic heterocycles. The summed E-state index contributed by atoms with van der Waals surface area (Å²) in [5, 5.41) is 3.50. The van der Waals surface area contributed by atoms with Gasteiger partial charge in [-0.1, -0.05) is 30.3 Å². The number of nitrogens with zero attached hydrogens (tertiary/aromatic N) is 2. The lowest BCUT2D eigenvalue weighted by molar-refractivity contribution is -0.141. The number of rotatable bonds is 2. The van der Waals surface area contributed by atoms with Crippen molar-refractivity contribution in [1.82, 2.24) is 15.1 Å². The van der Waals surface area contributed by atoms with Crippen LogP contribution in [-0.4, -0.2) is 54.3 Å². The van der Waals surface area contributed by atoms with E-state index >= 15 is 0 Å². The van der Waals surface area contributed by atoms with Crippen molar-refractivity contribution >= 4 is 24.2 Å². The molecule has 4 rings (SSSR count). The average molecular weight is 378 g/mol. The SMILES string of the molecule is CC(=O)N1CCC(C(=O)N2C[C@@H]3CNC[C@@H]3[C@H]2c2ccccc2)CC1.Cl. The van der Waals surface area contributed by atoms with E-state index in [9.17, 15) is 9.59 Å². The van der Waals surface area contributed by atoms with E-state index in [1.54, 1.807) is 6.92 Å². The third-order valence-electron chi connectivity index (χ3n) is 6.28. The van der Waals surface area contributed by atoms with Gasteiger partial charge in [-0.2, -0.15) is 0 Å². The fourth-order valence-electron chi connectivity index (χ4n) is 4.90. The molecule has 0 unspecified atom stereocenters. The molecular formula is C20H28ClN3O2. The maximum atomic E-state index is 13.3. The fraction of sp³-hybridized carbons (Fsp3) is 0.600. The molecule has 1 aromatic carbocycles. The van der Waals surface area contributed by atoms with Crippen molar-refractivity contribution in [3.8, 4) is 0 Å². The molecule has 3 saturated heterocycles. The summed E-state index contributed by atoms with van der Waals surface area (Å²) in [7, 11) is 0. The van der Waals surface area contributed by atoms with E-state index in [2.05, 4.69) is 34.5 Å². The molecule has 3 aliphatic rings. The van der Waals surface area contributed by atoms with Crippen LogP contribution in [0.5, 0.6) is 0 Å². The van der Waals surface area contributed by atoms with Gasteiger partial charge in [-0.3, -0.25) is 9.59 Å². The second kappa shape index (κ2) is 7.97. The van der Waals surface area contributed by atoms with Crippen LogP contribution >= 0.6 is 12.4 Å². The van der Waals surface area contributed by atoms with Crippen molar-refractivity contribution < 1.29 is 9.59 Å². The second-order valence-corrected chi connectivity index (χ2v) is 7.71. The monoisotopic (exact) mass is 377 g/mol. The number of carbonyl (C=O) groups is 2. The molecule has 6 heteroatoms. The first-order valence-corrected chi connectivity index (χ1v) is 9.47. The van der Waals surface area contributed by atoms with Gasteiger partial charge < -0.3 is 15.1 Å². The summed E-state index contributed by atoms with van der Waals surface area (Å²) in [5.74, 6) is 1.56. The number of hydrogen-bond acceptors (Lipinski definition) is 3. The van der Waals surface area contributed by atoms with Crippen LogP contribution in [0.4, 0.5) is 0 Å². The highest BCUT2D eigenvalue weighted by Crippen LogP contribution is 2.43. The van der Waals surface area contributed by atoms with E-state index in [1.807, 2.05) is 11.0 Å². The van der Waals surface area contributed by atoms with Crippen LogP contribution in [0.15, 0.2) is 30.3 Å². The van der Waals surface area contributed by atoms with E-state index in [0.717, 1.165) is 32.5 Å². The number of hydrogen-bond donors (Lipinski definition) is 1. The third kappa shape index (κ3) is 3.47. The molecule has 5 nitrogen and oxygen atoms in total. The van der Waals surface area contributed by atoms with Crippen molar-refractivity contribution in [2.24, 2.45) is 17.8 Å². The van der Waals surface area contributed by atoms with Crippen LogP contribution in [-0.2, 0) is 9.59 Å². The largest absolute Gasteiger partial charge is 0.343 e. The Morgan fingerprint density at radius 2 is 1.77 bits per heavy atom. The van der Waals surface area contributed by atoms with Crippen molar-refractivity contribution in [1.29, 1.82) is 0 Å². The first kappa shape index (κ1) is 19.2. The van der Waals surface area contributed by atoms with E-state index in [0.29, 0.717) is 30.8 Å². The Kier molecular flexibility index (Phi) is 5.88. The predicted molar refractivity (Wildman–Crippen MR) is 103 cm³/mol. The normalized spacial score (nSPS) is 28.6. The zero-order valence-corrected chi connectivity index (χ0v) is 16.1. The summed E-state index contributed by atoms with van der Waals surface area (Å²) in [6.45, 7) is 5.91. The highest BCUT2D eigenvalue weighted by molar-refractivity contribution is 5.85. The van der Waals surface area contributed by atoms with Crippen LogP contribution in [0, 0.1) is 17.8 Å². The van der Waals surface area contributed by atoms with Crippen molar-refractivity contribution in [2.45, 2.75) is 25.8 Å². The lowest BCUT2D eigenvalue weighted by Crippen LogP contribution is -2.44. The topological polar surface area (TPSA) is 52.7 Å². The maximum absolute atomic E-state index is 13.3. The summed E-state index contributed by atoms with van der Waals surface area (Å²) < 4.78 is 0. The van der Waals surface area contributed by atoms with Gasteiger partial charge in [0, 0.05) is 51.5 Å². The highest BCUT2D eigenvalue weighted by Gasteiger charge is 2.47. The number of fused-ring (bicyclic) bond motifs is 1. The number of carbonyl (C=O) groups excluding carboxylic acids is 2. The molecule has 1 N–H and O–H groups in total. The number of nitrogens with one attached hydrogen (secondary N) is 1. The van der Waals surface area contributed by atoms with Crippen LogP contribution in [0.25, 0.3) is 0 Å². The summed E-state index contributed by atoms with van der Waals surface area (Å²) in [6.07, 6.45) is 1.59. The number of likely N-dealkylation sites (tertiary alicyclic amines) is 2. The van der Waals surface area contributed by atoms with Gasteiger partial charge in [-0.05, 0) is 24.3 Å². The van der Waals surface area contributed by atoms with Crippen LogP contribution in [0.2, 0.25) is 0 Å². The summed E-state index contributed by atoms with van der Waals surface area (Å²) in [4.78, 5) is 28.8. The Bertz CT molecular complexity index is 646. The lowest BCUT2D eigenvalue weighted by atomic mass is 9.89. The molecule has 2 amide bonds. The molecule has 3 atom stereocenters. The molecule has 3 fully saturated rings. The highest BCUT2D eigenvalue weighted by atomic mass is 35.5. The molecule has 0 saturated carbocycles. The standard InChI is InChI=1S/C20H27N3O2.ClH/c1-14(24)22-9-7-16(8-10-22)20(25)23-13-17-11-21-12-18(17)19(23)15-5-3-2-4-6-15;/h2-6,16-19,21H,7-13H2,1H3;1H/t17-,18-,19+;/m0./s1. The average Bonchev–Trinajstić information content (AvgIpc) is 3.22. The molecule has 3 heterocycles. The van der Waals surface area contributed by atoms with Gasteiger partial charge in [-0.15, -0.1) is 12.4 Å². The summed E-state index contributed by atoms with van der Waals surface area (Å²) >= 11 is 0. The summed E-state index contributed by atoms with van der Waals surface area (Å²) in [6, 6.07) is 10.7. The molecule has 0 bridgehead atoms. The quantitative estimate of drug-likeness (QED) is 0.858. The minimum atomic E-state index is 0. The molecule has 3 aliphatic heterocycles. The van der Waals surface area contributed by atoms with Crippen molar-refractivity contribution in [3.05, 3.63) is 35.9 Å². The first-order chi connectivity index (χ1) is 12.1. The van der Waals surface area contributed by atoms with E-state index < -0.39 is 0 Å². The molecule has 26 heavy (non-hydrogen) atoms. The molecular weight excluding hydrogens is 350 g/mol.